The fraction of sp³-hybridized carbons (Fsp3) is 0.625. The first-order valence-electron chi connectivity index (χ1n) is 7.33. The fourth-order valence-electron chi connectivity index (χ4n) is 2.75. The van der Waals surface area contributed by atoms with Crippen LogP contribution in [0.25, 0.3) is 0 Å². The van der Waals surface area contributed by atoms with Gasteiger partial charge in [-0.2, -0.15) is 0 Å². The third-order valence-electron chi connectivity index (χ3n) is 4.14. The predicted molar refractivity (Wildman–Crippen MR) is 82.6 cm³/mol. The number of nitrogens with zero attached hydrogens (tertiary/aromatic N) is 1. The summed E-state index contributed by atoms with van der Waals surface area (Å²) < 4.78 is 0. The van der Waals surface area contributed by atoms with Crippen molar-refractivity contribution >= 4 is 11.6 Å². The highest BCUT2D eigenvalue weighted by molar-refractivity contribution is 6.30. The topological polar surface area (TPSA) is 15.3 Å². The Labute approximate surface area is 122 Å². The Kier molecular flexibility index (Phi) is 5.68. The zero-order valence-corrected chi connectivity index (χ0v) is 12.8. The number of benzene rings is 1. The zero-order chi connectivity index (χ0) is 13.7. The fourth-order valence-corrected chi connectivity index (χ4v) is 2.88. The second-order valence-corrected chi connectivity index (χ2v) is 6.21. The lowest BCUT2D eigenvalue weighted by molar-refractivity contribution is 0.209. The van der Waals surface area contributed by atoms with E-state index in [9.17, 15) is 0 Å². The summed E-state index contributed by atoms with van der Waals surface area (Å²) in [5, 5.41) is 4.44. The van der Waals surface area contributed by atoms with E-state index >= 15 is 0 Å². The van der Waals surface area contributed by atoms with Crippen molar-refractivity contribution in [2.24, 2.45) is 0 Å². The standard InChI is InChI=1S/C16H25ClN2/c1-13(11-16-5-3-4-10-18-16)19(2)12-14-6-8-15(17)9-7-14/h6-9,13,16,18H,3-5,10-12H2,1-2H3. The Morgan fingerprint density at radius 1 is 1.32 bits per heavy atom. The molecule has 1 fully saturated rings. The van der Waals surface area contributed by atoms with Gasteiger partial charge in [-0.05, 0) is 57.5 Å². The zero-order valence-electron chi connectivity index (χ0n) is 12.0. The third-order valence-corrected chi connectivity index (χ3v) is 4.39. The highest BCUT2D eigenvalue weighted by Gasteiger charge is 2.18. The van der Waals surface area contributed by atoms with Crippen molar-refractivity contribution in [3.05, 3.63) is 34.9 Å². The van der Waals surface area contributed by atoms with E-state index in [2.05, 4.69) is 36.3 Å². The van der Waals surface area contributed by atoms with Gasteiger partial charge in [0, 0.05) is 23.7 Å². The maximum absolute atomic E-state index is 5.92. The van der Waals surface area contributed by atoms with Crippen LogP contribution in [0.1, 0.15) is 38.2 Å². The summed E-state index contributed by atoms with van der Waals surface area (Å²) in [5.41, 5.74) is 1.33. The molecule has 1 heterocycles. The van der Waals surface area contributed by atoms with E-state index in [4.69, 9.17) is 11.6 Å². The molecule has 1 aromatic rings. The van der Waals surface area contributed by atoms with Crippen LogP contribution in [-0.2, 0) is 6.54 Å². The molecular weight excluding hydrogens is 256 g/mol. The summed E-state index contributed by atoms with van der Waals surface area (Å²) in [6.45, 7) is 4.51. The monoisotopic (exact) mass is 280 g/mol. The van der Waals surface area contributed by atoms with Crippen LogP contribution in [0, 0.1) is 0 Å². The Bertz CT molecular complexity index is 371. The second kappa shape index (κ2) is 7.28. The third kappa shape index (κ3) is 4.79. The molecule has 1 aliphatic heterocycles. The van der Waals surface area contributed by atoms with Crippen LogP contribution in [0.3, 0.4) is 0 Å². The molecule has 0 aliphatic carbocycles. The molecule has 0 aromatic heterocycles. The minimum Gasteiger partial charge on any atom is -0.314 e. The highest BCUT2D eigenvalue weighted by Crippen LogP contribution is 2.17. The summed E-state index contributed by atoms with van der Waals surface area (Å²) in [4.78, 5) is 2.43. The maximum Gasteiger partial charge on any atom is 0.0406 e. The van der Waals surface area contributed by atoms with E-state index in [1.807, 2.05) is 12.1 Å². The number of nitrogens with one attached hydrogen (secondary N) is 1. The van der Waals surface area contributed by atoms with Gasteiger partial charge in [0.25, 0.3) is 0 Å². The van der Waals surface area contributed by atoms with Gasteiger partial charge >= 0.3 is 0 Å². The summed E-state index contributed by atoms with van der Waals surface area (Å²) >= 11 is 5.92. The Morgan fingerprint density at radius 2 is 2.05 bits per heavy atom. The first-order chi connectivity index (χ1) is 9.15. The van der Waals surface area contributed by atoms with E-state index in [0.29, 0.717) is 12.1 Å². The predicted octanol–water partition coefficient (Wildman–Crippen LogP) is 3.69. The average molecular weight is 281 g/mol. The van der Waals surface area contributed by atoms with Crippen LogP contribution in [0.5, 0.6) is 0 Å². The van der Waals surface area contributed by atoms with E-state index in [1.54, 1.807) is 0 Å². The van der Waals surface area contributed by atoms with Crippen molar-refractivity contribution in [1.82, 2.24) is 10.2 Å². The minimum absolute atomic E-state index is 0.603. The molecule has 2 unspecified atom stereocenters. The van der Waals surface area contributed by atoms with E-state index in [1.165, 1.54) is 37.8 Å². The van der Waals surface area contributed by atoms with Gasteiger partial charge in [0.2, 0.25) is 0 Å². The van der Waals surface area contributed by atoms with Gasteiger partial charge in [-0.3, -0.25) is 4.90 Å². The molecule has 2 atom stereocenters. The van der Waals surface area contributed by atoms with Crippen LogP contribution in [0.4, 0.5) is 0 Å². The van der Waals surface area contributed by atoms with Crippen molar-refractivity contribution in [1.29, 1.82) is 0 Å². The number of hydrogen-bond donors (Lipinski definition) is 1. The molecule has 0 radical (unpaired) electrons. The molecule has 1 aliphatic rings. The molecule has 0 saturated carbocycles. The second-order valence-electron chi connectivity index (χ2n) is 5.77. The van der Waals surface area contributed by atoms with Crippen LogP contribution in [0.15, 0.2) is 24.3 Å². The van der Waals surface area contributed by atoms with Crippen molar-refractivity contribution < 1.29 is 0 Å². The number of halogens is 1. The number of hydrogen-bond acceptors (Lipinski definition) is 2. The van der Waals surface area contributed by atoms with Crippen LogP contribution < -0.4 is 5.32 Å². The lowest BCUT2D eigenvalue weighted by atomic mass is 9.98. The lowest BCUT2D eigenvalue weighted by Crippen LogP contribution is -2.40. The maximum atomic E-state index is 5.92. The van der Waals surface area contributed by atoms with Gasteiger partial charge < -0.3 is 5.32 Å². The molecule has 106 valence electrons. The van der Waals surface area contributed by atoms with Crippen LogP contribution >= 0.6 is 11.6 Å². The molecule has 1 N–H and O–H groups in total. The molecular formula is C16H25ClN2. The normalized spacial score (nSPS) is 21.6. The van der Waals surface area contributed by atoms with Crippen molar-refractivity contribution in [2.45, 2.75) is 51.2 Å². The lowest BCUT2D eigenvalue weighted by Gasteiger charge is -2.31. The molecule has 0 bridgehead atoms. The quantitative estimate of drug-likeness (QED) is 0.885. The van der Waals surface area contributed by atoms with Crippen molar-refractivity contribution in [2.75, 3.05) is 13.6 Å². The highest BCUT2D eigenvalue weighted by atomic mass is 35.5. The molecule has 0 amide bonds. The van der Waals surface area contributed by atoms with Crippen LogP contribution in [0.2, 0.25) is 5.02 Å². The Morgan fingerprint density at radius 3 is 2.68 bits per heavy atom. The summed E-state index contributed by atoms with van der Waals surface area (Å²) in [6, 6.07) is 9.48. The van der Waals surface area contributed by atoms with Gasteiger partial charge in [0.15, 0.2) is 0 Å². The van der Waals surface area contributed by atoms with E-state index in [-0.39, 0.29) is 0 Å². The largest absolute Gasteiger partial charge is 0.314 e. The number of piperidine rings is 1. The molecule has 3 heteroatoms. The molecule has 1 aromatic carbocycles. The van der Waals surface area contributed by atoms with Crippen molar-refractivity contribution in [3.8, 4) is 0 Å². The van der Waals surface area contributed by atoms with E-state index in [0.717, 1.165) is 11.6 Å². The van der Waals surface area contributed by atoms with Gasteiger partial charge in [0.05, 0.1) is 0 Å². The number of rotatable bonds is 5. The molecule has 2 rings (SSSR count). The molecule has 2 nitrogen and oxygen atoms in total. The minimum atomic E-state index is 0.603. The average Bonchev–Trinajstić information content (AvgIpc) is 2.42. The molecule has 1 saturated heterocycles. The van der Waals surface area contributed by atoms with E-state index < -0.39 is 0 Å². The molecule has 0 spiro atoms. The SMILES string of the molecule is CC(CC1CCCCN1)N(C)Cc1ccc(Cl)cc1. The Hall–Kier alpha value is -0.570. The van der Waals surface area contributed by atoms with Crippen LogP contribution in [-0.4, -0.2) is 30.6 Å². The smallest absolute Gasteiger partial charge is 0.0406 e. The Balaban J connectivity index is 1.81. The first-order valence-corrected chi connectivity index (χ1v) is 7.71. The van der Waals surface area contributed by atoms with Gasteiger partial charge in [-0.1, -0.05) is 30.2 Å². The summed E-state index contributed by atoms with van der Waals surface area (Å²) in [6.07, 6.45) is 5.29. The summed E-state index contributed by atoms with van der Waals surface area (Å²) in [7, 11) is 2.21. The van der Waals surface area contributed by atoms with Gasteiger partial charge in [-0.15, -0.1) is 0 Å². The summed E-state index contributed by atoms with van der Waals surface area (Å²) in [5.74, 6) is 0. The first kappa shape index (κ1) is 14.8. The molecule has 19 heavy (non-hydrogen) atoms. The van der Waals surface area contributed by atoms with Crippen molar-refractivity contribution in [3.63, 3.8) is 0 Å². The van der Waals surface area contributed by atoms with Gasteiger partial charge in [-0.25, -0.2) is 0 Å². The van der Waals surface area contributed by atoms with Gasteiger partial charge in [0.1, 0.15) is 0 Å².